The van der Waals surface area contributed by atoms with Crippen molar-refractivity contribution < 1.29 is 0 Å². The van der Waals surface area contributed by atoms with Gasteiger partial charge in [-0.25, -0.2) is 0 Å². The lowest BCUT2D eigenvalue weighted by molar-refractivity contribution is 1.25. The Hall–Kier alpha value is -1.59. The van der Waals surface area contributed by atoms with Gasteiger partial charge in [0, 0.05) is 16.1 Å². The highest BCUT2D eigenvalue weighted by Crippen LogP contribution is 2.22. The molecule has 2 rings (SSSR count). The van der Waals surface area contributed by atoms with Gasteiger partial charge in [-0.3, -0.25) is 4.98 Å². The molecule has 0 aliphatic rings. The van der Waals surface area contributed by atoms with Gasteiger partial charge in [-0.1, -0.05) is 17.7 Å². The molecular weight excluding hydrogens is 196 g/mol. The third kappa shape index (κ3) is 1.43. The molecule has 0 atom stereocenters. The fourth-order valence-electron chi connectivity index (χ4n) is 1.38. The Balaban J connectivity index is 2.90. The van der Waals surface area contributed by atoms with Gasteiger partial charge in [0.05, 0.1) is 11.1 Å². The van der Waals surface area contributed by atoms with Crippen LogP contribution in [-0.4, -0.2) is 4.98 Å². The molecule has 68 valence electrons. The second-order valence-electron chi connectivity index (χ2n) is 3.09. The minimum Gasteiger partial charge on any atom is -0.252 e. The number of aryl methyl sites for hydroxylation is 1. The van der Waals surface area contributed by atoms with E-state index in [1.54, 1.807) is 6.07 Å². The van der Waals surface area contributed by atoms with Crippen molar-refractivity contribution in [3.63, 3.8) is 0 Å². The number of halogens is 1. The van der Waals surface area contributed by atoms with E-state index in [1.807, 2.05) is 25.1 Å². The molecule has 1 aromatic heterocycles. The maximum atomic E-state index is 8.90. The fraction of sp³-hybridized carbons (Fsp3) is 0.0909. The summed E-state index contributed by atoms with van der Waals surface area (Å²) in [4.78, 5) is 4.31. The maximum absolute atomic E-state index is 8.90. The number of nitrogens with zero attached hydrogens (tertiary/aromatic N) is 2. The number of hydrogen-bond acceptors (Lipinski definition) is 2. The molecule has 2 nitrogen and oxygen atoms in total. The molecule has 0 N–H and O–H groups in total. The van der Waals surface area contributed by atoms with Crippen LogP contribution in [0.2, 0.25) is 5.02 Å². The monoisotopic (exact) mass is 202 g/mol. The number of rotatable bonds is 0. The molecule has 1 aromatic carbocycles. The summed E-state index contributed by atoms with van der Waals surface area (Å²) in [6.45, 7) is 1.90. The van der Waals surface area contributed by atoms with E-state index in [1.165, 1.54) is 0 Å². The zero-order valence-corrected chi connectivity index (χ0v) is 8.34. The summed E-state index contributed by atoms with van der Waals surface area (Å²) >= 11 is 5.86. The van der Waals surface area contributed by atoms with Gasteiger partial charge in [-0.15, -0.1) is 0 Å². The summed E-state index contributed by atoms with van der Waals surface area (Å²) in [5.74, 6) is 0. The normalized spacial score (nSPS) is 10.1. The quantitative estimate of drug-likeness (QED) is 0.658. The van der Waals surface area contributed by atoms with E-state index < -0.39 is 0 Å². The Kier molecular flexibility index (Phi) is 2.11. The number of aromatic nitrogens is 1. The molecule has 0 unspecified atom stereocenters. The summed E-state index contributed by atoms with van der Waals surface area (Å²) in [6.07, 6.45) is 0. The average molecular weight is 203 g/mol. The van der Waals surface area contributed by atoms with E-state index in [0.29, 0.717) is 10.6 Å². The molecule has 3 heteroatoms. The van der Waals surface area contributed by atoms with Crippen LogP contribution in [0.3, 0.4) is 0 Å². The van der Waals surface area contributed by atoms with Crippen LogP contribution in [0.5, 0.6) is 0 Å². The van der Waals surface area contributed by atoms with E-state index in [0.717, 1.165) is 16.6 Å². The summed E-state index contributed by atoms with van der Waals surface area (Å²) in [7, 11) is 0. The first-order valence-corrected chi connectivity index (χ1v) is 4.55. The first-order valence-electron chi connectivity index (χ1n) is 4.18. The molecule has 1 heterocycles. The molecule has 0 saturated carbocycles. The second-order valence-corrected chi connectivity index (χ2v) is 3.53. The van der Waals surface area contributed by atoms with E-state index in [9.17, 15) is 0 Å². The molecule has 0 bridgehead atoms. The predicted molar refractivity (Wildman–Crippen MR) is 56.2 cm³/mol. The number of pyridine rings is 1. The first kappa shape index (κ1) is 8.98. The predicted octanol–water partition coefficient (Wildman–Crippen LogP) is 3.07. The smallest absolute Gasteiger partial charge is 0.101 e. The van der Waals surface area contributed by atoms with Crippen LogP contribution in [0.25, 0.3) is 10.9 Å². The van der Waals surface area contributed by atoms with Gasteiger partial charge in [0.25, 0.3) is 0 Å². The third-order valence-electron chi connectivity index (χ3n) is 2.02. The van der Waals surface area contributed by atoms with Crippen LogP contribution in [0.15, 0.2) is 24.3 Å². The maximum Gasteiger partial charge on any atom is 0.101 e. The van der Waals surface area contributed by atoms with Gasteiger partial charge in [0.2, 0.25) is 0 Å². The summed E-state index contributed by atoms with van der Waals surface area (Å²) in [5, 5.41) is 10.4. The lowest BCUT2D eigenvalue weighted by Gasteiger charge is -2.01. The lowest BCUT2D eigenvalue weighted by atomic mass is 10.1. The van der Waals surface area contributed by atoms with Crippen molar-refractivity contribution in [1.82, 2.24) is 4.98 Å². The van der Waals surface area contributed by atoms with Gasteiger partial charge in [0.15, 0.2) is 0 Å². The first-order chi connectivity index (χ1) is 6.70. The van der Waals surface area contributed by atoms with E-state index in [4.69, 9.17) is 16.9 Å². The Morgan fingerprint density at radius 1 is 1.36 bits per heavy atom. The highest BCUT2D eigenvalue weighted by atomic mass is 35.5. The largest absolute Gasteiger partial charge is 0.252 e. The zero-order valence-electron chi connectivity index (χ0n) is 7.58. The highest BCUT2D eigenvalue weighted by Gasteiger charge is 2.03. The molecule has 0 aliphatic heterocycles. The topological polar surface area (TPSA) is 36.7 Å². The van der Waals surface area contributed by atoms with Crippen molar-refractivity contribution in [3.05, 3.63) is 40.5 Å². The zero-order chi connectivity index (χ0) is 10.1. The number of hydrogen-bond donors (Lipinski definition) is 0. The molecule has 0 aliphatic carbocycles. The summed E-state index contributed by atoms with van der Waals surface area (Å²) < 4.78 is 0. The summed E-state index contributed by atoms with van der Waals surface area (Å²) in [6, 6.07) is 9.36. The van der Waals surface area contributed by atoms with Crippen LogP contribution in [0.4, 0.5) is 0 Å². The lowest BCUT2D eigenvalue weighted by Crippen LogP contribution is -1.87. The SMILES string of the molecule is Cc1ccc2cc(Cl)cc(C#N)c2n1. The minimum atomic E-state index is 0.524. The molecule has 14 heavy (non-hydrogen) atoms. The Labute approximate surface area is 86.8 Å². The van der Waals surface area contributed by atoms with Gasteiger partial charge in [-0.2, -0.15) is 5.26 Å². The Morgan fingerprint density at radius 2 is 2.14 bits per heavy atom. The van der Waals surface area contributed by atoms with Crippen LogP contribution in [0, 0.1) is 18.3 Å². The molecular formula is C11H7ClN2. The van der Waals surface area contributed by atoms with Crippen LogP contribution < -0.4 is 0 Å². The van der Waals surface area contributed by atoms with Crippen molar-refractivity contribution in [1.29, 1.82) is 5.26 Å². The standard InChI is InChI=1S/C11H7ClN2/c1-7-2-3-8-4-10(12)5-9(6-13)11(8)14-7/h2-5H,1H3. The van der Waals surface area contributed by atoms with E-state index >= 15 is 0 Å². The van der Waals surface area contributed by atoms with E-state index in [-0.39, 0.29) is 0 Å². The molecule has 0 saturated heterocycles. The Bertz CT molecular complexity index is 541. The molecule has 0 fully saturated rings. The number of benzene rings is 1. The van der Waals surface area contributed by atoms with Crippen molar-refractivity contribution in [2.24, 2.45) is 0 Å². The van der Waals surface area contributed by atoms with Gasteiger partial charge >= 0.3 is 0 Å². The number of fused-ring (bicyclic) bond motifs is 1. The Morgan fingerprint density at radius 3 is 2.86 bits per heavy atom. The second kappa shape index (κ2) is 3.28. The van der Waals surface area contributed by atoms with Crippen molar-refractivity contribution in [3.8, 4) is 6.07 Å². The molecule has 0 radical (unpaired) electrons. The van der Waals surface area contributed by atoms with Gasteiger partial charge in [-0.05, 0) is 25.1 Å². The molecule has 0 spiro atoms. The van der Waals surface area contributed by atoms with Crippen molar-refractivity contribution in [2.45, 2.75) is 6.92 Å². The average Bonchev–Trinajstić information content (AvgIpc) is 2.17. The van der Waals surface area contributed by atoms with Crippen LogP contribution in [-0.2, 0) is 0 Å². The molecule has 2 aromatic rings. The van der Waals surface area contributed by atoms with Gasteiger partial charge in [0.1, 0.15) is 6.07 Å². The number of nitriles is 1. The minimum absolute atomic E-state index is 0.524. The van der Waals surface area contributed by atoms with Crippen LogP contribution in [0.1, 0.15) is 11.3 Å². The van der Waals surface area contributed by atoms with Crippen molar-refractivity contribution >= 4 is 22.5 Å². The third-order valence-corrected chi connectivity index (χ3v) is 2.24. The summed E-state index contributed by atoms with van der Waals surface area (Å²) in [5.41, 5.74) is 2.14. The highest BCUT2D eigenvalue weighted by molar-refractivity contribution is 6.31. The fourth-order valence-corrected chi connectivity index (χ4v) is 1.61. The van der Waals surface area contributed by atoms with Crippen LogP contribution >= 0.6 is 11.6 Å². The van der Waals surface area contributed by atoms with Crippen molar-refractivity contribution in [2.75, 3.05) is 0 Å². The van der Waals surface area contributed by atoms with Gasteiger partial charge < -0.3 is 0 Å². The van der Waals surface area contributed by atoms with E-state index in [2.05, 4.69) is 11.1 Å². The molecule has 0 amide bonds.